The number of para-hydroxylation sites is 1. The van der Waals surface area contributed by atoms with Gasteiger partial charge in [-0.1, -0.05) is 37.3 Å². The summed E-state index contributed by atoms with van der Waals surface area (Å²) in [6.45, 7) is 6.88. The Kier molecular flexibility index (Phi) is 8.34. The Labute approximate surface area is 167 Å². The zero-order valence-electron chi connectivity index (χ0n) is 17.1. The van der Waals surface area contributed by atoms with Crippen molar-refractivity contribution < 1.29 is 9.53 Å². The van der Waals surface area contributed by atoms with Crippen LogP contribution in [0.1, 0.15) is 31.4 Å². The van der Waals surface area contributed by atoms with Gasteiger partial charge in [-0.05, 0) is 44.0 Å². The molecule has 28 heavy (non-hydrogen) atoms. The van der Waals surface area contributed by atoms with E-state index in [0.29, 0.717) is 12.5 Å². The summed E-state index contributed by atoms with van der Waals surface area (Å²) in [5.41, 5.74) is 2.97. The molecule has 0 spiro atoms. The fraction of sp³-hybridized carbons (Fsp3) is 0.364. The number of aliphatic imine (C=N–C) groups is 1. The van der Waals surface area contributed by atoms with Gasteiger partial charge in [-0.2, -0.15) is 0 Å². The molecule has 2 rings (SSSR count). The minimum Gasteiger partial charge on any atom is -0.490 e. The van der Waals surface area contributed by atoms with Crippen LogP contribution in [0.25, 0.3) is 0 Å². The molecule has 6 heteroatoms. The molecule has 0 saturated heterocycles. The molecule has 0 saturated carbocycles. The van der Waals surface area contributed by atoms with Crippen molar-refractivity contribution in [2.45, 2.75) is 39.8 Å². The lowest BCUT2D eigenvalue weighted by Gasteiger charge is -2.18. The molecular formula is C22H30N4O2. The molecule has 0 fully saturated rings. The molecule has 0 radical (unpaired) electrons. The summed E-state index contributed by atoms with van der Waals surface area (Å²) in [6, 6.07) is 15.5. The Bertz CT molecular complexity index is 790. The fourth-order valence-electron chi connectivity index (χ4n) is 2.51. The van der Waals surface area contributed by atoms with Gasteiger partial charge in [0.15, 0.2) is 5.96 Å². The second-order valence-electron chi connectivity index (χ2n) is 6.64. The van der Waals surface area contributed by atoms with Crippen LogP contribution < -0.4 is 20.7 Å². The highest BCUT2D eigenvalue weighted by molar-refractivity contribution is 5.94. The number of hydrogen-bond donors (Lipinski definition) is 3. The molecule has 6 nitrogen and oxygen atoms in total. The predicted molar refractivity (Wildman–Crippen MR) is 115 cm³/mol. The van der Waals surface area contributed by atoms with Crippen molar-refractivity contribution in [3.8, 4) is 5.75 Å². The lowest BCUT2D eigenvalue weighted by atomic mass is 10.1. The van der Waals surface area contributed by atoms with Crippen LogP contribution in [0.3, 0.4) is 0 Å². The lowest BCUT2D eigenvalue weighted by Crippen LogP contribution is -2.41. The first-order valence-corrected chi connectivity index (χ1v) is 9.57. The highest BCUT2D eigenvalue weighted by Crippen LogP contribution is 2.22. The summed E-state index contributed by atoms with van der Waals surface area (Å²) in [5, 5.41) is 9.10. The molecule has 0 aliphatic heterocycles. The summed E-state index contributed by atoms with van der Waals surface area (Å²) in [5.74, 6) is 1.29. The fourth-order valence-corrected chi connectivity index (χ4v) is 2.51. The van der Waals surface area contributed by atoms with Crippen LogP contribution in [-0.4, -0.2) is 31.6 Å². The number of benzene rings is 2. The van der Waals surface area contributed by atoms with Gasteiger partial charge in [-0.3, -0.25) is 9.79 Å². The van der Waals surface area contributed by atoms with Crippen molar-refractivity contribution in [1.29, 1.82) is 0 Å². The van der Waals surface area contributed by atoms with Crippen molar-refractivity contribution in [1.82, 2.24) is 10.6 Å². The number of carbonyl (C=O) groups is 1. The van der Waals surface area contributed by atoms with Crippen molar-refractivity contribution in [3.63, 3.8) is 0 Å². The van der Waals surface area contributed by atoms with Crippen LogP contribution in [0.15, 0.2) is 53.5 Å². The Morgan fingerprint density at radius 1 is 1.14 bits per heavy atom. The van der Waals surface area contributed by atoms with Crippen LogP contribution in [0.5, 0.6) is 5.75 Å². The monoisotopic (exact) mass is 382 g/mol. The molecule has 1 amide bonds. The van der Waals surface area contributed by atoms with Crippen molar-refractivity contribution in [3.05, 3.63) is 59.7 Å². The number of amides is 1. The van der Waals surface area contributed by atoms with Crippen LogP contribution in [-0.2, 0) is 11.3 Å². The van der Waals surface area contributed by atoms with E-state index in [-0.39, 0.29) is 18.6 Å². The Hall–Kier alpha value is -3.02. The molecule has 1 atom stereocenters. The van der Waals surface area contributed by atoms with E-state index in [1.807, 2.05) is 43.3 Å². The van der Waals surface area contributed by atoms with Crippen LogP contribution in [0.2, 0.25) is 0 Å². The zero-order chi connectivity index (χ0) is 20.4. The minimum atomic E-state index is -0.134. The lowest BCUT2D eigenvalue weighted by molar-refractivity contribution is -0.115. The van der Waals surface area contributed by atoms with Gasteiger partial charge in [0.05, 0.1) is 12.6 Å². The van der Waals surface area contributed by atoms with Gasteiger partial charge in [0.1, 0.15) is 5.75 Å². The molecule has 3 N–H and O–H groups in total. The first kappa shape index (κ1) is 21.3. The van der Waals surface area contributed by atoms with Crippen molar-refractivity contribution in [2.24, 2.45) is 4.99 Å². The maximum Gasteiger partial charge on any atom is 0.243 e. The van der Waals surface area contributed by atoms with E-state index in [1.165, 1.54) is 0 Å². The van der Waals surface area contributed by atoms with Crippen LogP contribution in [0.4, 0.5) is 5.69 Å². The van der Waals surface area contributed by atoms with Gasteiger partial charge in [0.25, 0.3) is 0 Å². The van der Waals surface area contributed by atoms with E-state index >= 15 is 0 Å². The molecule has 150 valence electrons. The van der Waals surface area contributed by atoms with Gasteiger partial charge in [-0.25, -0.2) is 0 Å². The topological polar surface area (TPSA) is 74.8 Å². The largest absolute Gasteiger partial charge is 0.490 e. The molecule has 0 bridgehead atoms. The number of guanidine groups is 1. The number of nitrogens with zero attached hydrogens (tertiary/aromatic N) is 1. The molecule has 0 aliphatic rings. The van der Waals surface area contributed by atoms with Gasteiger partial charge in [-0.15, -0.1) is 0 Å². The van der Waals surface area contributed by atoms with Gasteiger partial charge >= 0.3 is 0 Å². The molecule has 2 aromatic carbocycles. The Morgan fingerprint density at radius 3 is 2.57 bits per heavy atom. The SMILES string of the molecule is CCC(C)Oc1cc(C)ccc1CNC(=NC)NCC(=O)Nc1ccccc1. The van der Waals surface area contributed by atoms with E-state index in [4.69, 9.17) is 4.74 Å². The van der Waals surface area contributed by atoms with Crippen LogP contribution in [0, 0.1) is 6.92 Å². The average molecular weight is 383 g/mol. The van der Waals surface area contributed by atoms with E-state index in [2.05, 4.69) is 46.9 Å². The highest BCUT2D eigenvalue weighted by atomic mass is 16.5. The summed E-state index contributed by atoms with van der Waals surface area (Å²) in [7, 11) is 1.68. The number of aryl methyl sites for hydroxylation is 1. The number of hydrogen-bond acceptors (Lipinski definition) is 3. The molecular weight excluding hydrogens is 352 g/mol. The second-order valence-corrected chi connectivity index (χ2v) is 6.64. The third-order valence-corrected chi connectivity index (χ3v) is 4.27. The summed E-state index contributed by atoms with van der Waals surface area (Å²) in [6.07, 6.45) is 1.10. The molecule has 1 unspecified atom stereocenters. The maximum absolute atomic E-state index is 12.1. The summed E-state index contributed by atoms with van der Waals surface area (Å²) < 4.78 is 6.04. The molecule has 0 heterocycles. The Balaban J connectivity index is 1.89. The van der Waals surface area contributed by atoms with Crippen molar-refractivity contribution in [2.75, 3.05) is 18.9 Å². The predicted octanol–water partition coefficient (Wildman–Crippen LogP) is 3.48. The van der Waals surface area contributed by atoms with Crippen molar-refractivity contribution >= 4 is 17.6 Å². The molecule has 0 aromatic heterocycles. The third-order valence-electron chi connectivity index (χ3n) is 4.27. The first-order chi connectivity index (χ1) is 13.5. The number of anilines is 1. The van der Waals surface area contributed by atoms with Crippen LogP contribution >= 0.6 is 0 Å². The van der Waals surface area contributed by atoms with Gasteiger partial charge in [0.2, 0.25) is 5.91 Å². The number of carbonyl (C=O) groups excluding carboxylic acids is 1. The first-order valence-electron chi connectivity index (χ1n) is 9.57. The molecule has 0 aliphatic carbocycles. The average Bonchev–Trinajstić information content (AvgIpc) is 2.70. The second kappa shape index (κ2) is 11.0. The van der Waals surface area contributed by atoms with E-state index in [1.54, 1.807) is 7.05 Å². The maximum atomic E-state index is 12.1. The normalized spacial score (nSPS) is 12.2. The zero-order valence-corrected chi connectivity index (χ0v) is 17.1. The minimum absolute atomic E-state index is 0.124. The van der Waals surface area contributed by atoms with E-state index in [0.717, 1.165) is 29.0 Å². The third kappa shape index (κ3) is 6.95. The van der Waals surface area contributed by atoms with Gasteiger partial charge in [0, 0.05) is 24.8 Å². The smallest absolute Gasteiger partial charge is 0.243 e. The van der Waals surface area contributed by atoms with E-state index in [9.17, 15) is 4.79 Å². The standard InChI is InChI=1S/C22H30N4O2/c1-5-17(3)28-20-13-16(2)11-12-18(20)14-24-22(23-4)25-15-21(27)26-19-9-7-6-8-10-19/h6-13,17H,5,14-15H2,1-4H3,(H,26,27)(H2,23,24,25). The summed E-state index contributed by atoms with van der Waals surface area (Å²) in [4.78, 5) is 16.3. The Morgan fingerprint density at radius 2 is 1.89 bits per heavy atom. The quantitative estimate of drug-likeness (QED) is 0.483. The highest BCUT2D eigenvalue weighted by Gasteiger charge is 2.09. The number of rotatable bonds is 8. The number of ether oxygens (including phenoxy) is 1. The summed E-state index contributed by atoms with van der Waals surface area (Å²) >= 11 is 0. The van der Waals surface area contributed by atoms with E-state index < -0.39 is 0 Å². The molecule has 2 aromatic rings. The van der Waals surface area contributed by atoms with Gasteiger partial charge < -0.3 is 20.7 Å². The number of nitrogens with one attached hydrogen (secondary N) is 3.